The quantitative estimate of drug-likeness (QED) is 0.819. The van der Waals surface area contributed by atoms with Gasteiger partial charge in [0.2, 0.25) is 11.8 Å². The first-order valence-electron chi connectivity index (χ1n) is 6.79. The molecule has 110 valence electrons. The van der Waals surface area contributed by atoms with Crippen LogP contribution in [0.3, 0.4) is 0 Å². The van der Waals surface area contributed by atoms with Gasteiger partial charge in [-0.2, -0.15) is 0 Å². The lowest BCUT2D eigenvalue weighted by molar-refractivity contribution is -0.135. The molecule has 20 heavy (non-hydrogen) atoms. The Morgan fingerprint density at radius 1 is 1.20 bits per heavy atom. The molecule has 5 heteroatoms. The second kappa shape index (κ2) is 7.90. The van der Waals surface area contributed by atoms with E-state index in [4.69, 9.17) is 11.6 Å². The molecular formula is C15H21ClN2O2. The number of likely N-dealkylation sites (N-methyl/N-ethyl adjacent to an activating group) is 1. The van der Waals surface area contributed by atoms with E-state index in [1.807, 2.05) is 32.0 Å². The van der Waals surface area contributed by atoms with E-state index >= 15 is 0 Å². The molecule has 0 aromatic heterocycles. The van der Waals surface area contributed by atoms with Crippen molar-refractivity contribution in [1.29, 1.82) is 0 Å². The summed E-state index contributed by atoms with van der Waals surface area (Å²) >= 11 is 6.12. The van der Waals surface area contributed by atoms with Gasteiger partial charge < -0.3 is 10.2 Å². The Hall–Kier alpha value is -1.55. The van der Waals surface area contributed by atoms with Gasteiger partial charge in [0.25, 0.3) is 0 Å². The van der Waals surface area contributed by atoms with Crippen LogP contribution in [-0.4, -0.2) is 35.8 Å². The summed E-state index contributed by atoms with van der Waals surface area (Å²) in [5, 5.41) is 1.88. The van der Waals surface area contributed by atoms with E-state index in [9.17, 15) is 9.59 Å². The summed E-state index contributed by atoms with van der Waals surface area (Å²) < 4.78 is 0. The Balaban J connectivity index is 2.64. The number of carbonyl (C=O) groups excluding carboxylic acids is 2. The predicted octanol–water partition coefficient (Wildman–Crippen LogP) is 2.34. The maximum atomic E-state index is 12.1. The number of rotatable bonds is 6. The molecule has 0 saturated heterocycles. The molecule has 0 spiro atoms. The van der Waals surface area contributed by atoms with Gasteiger partial charge in [0.05, 0.1) is 0 Å². The van der Waals surface area contributed by atoms with Crippen molar-refractivity contribution < 1.29 is 9.59 Å². The van der Waals surface area contributed by atoms with Crippen LogP contribution in [0.4, 0.5) is 0 Å². The van der Waals surface area contributed by atoms with Crippen LogP contribution < -0.4 is 5.32 Å². The zero-order valence-corrected chi connectivity index (χ0v) is 12.9. The molecular weight excluding hydrogens is 276 g/mol. The summed E-state index contributed by atoms with van der Waals surface area (Å²) in [6.45, 7) is 6.73. The highest BCUT2D eigenvalue weighted by Crippen LogP contribution is 2.20. The normalized spacial score (nSPS) is 13.4. The molecule has 0 bridgehead atoms. The van der Waals surface area contributed by atoms with Crippen molar-refractivity contribution in [2.45, 2.75) is 32.2 Å². The number of hydrogen-bond donors (Lipinski definition) is 1. The molecule has 2 amide bonds. The fourth-order valence-corrected chi connectivity index (χ4v) is 2.14. The fourth-order valence-electron chi connectivity index (χ4n) is 1.93. The summed E-state index contributed by atoms with van der Waals surface area (Å²) in [5.41, 5.74) is 0.717. The summed E-state index contributed by atoms with van der Waals surface area (Å²) in [4.78, 5) is 25.8. The number of alkyl halides is 1. The van der Waals surface area contributed by atoms with Crippen LogP contribution in [0.5, 0.6) is 0 Å². The Morgan fingerprint density at radius 2 is 1.75 bits per heavy atom. The van der Waals surface area contributed by atoms with Gasteiger partial charge in [-0.3, -0.25) is 9.59 Å². The first-order chi connectivity index (χ1) is 9.51. The molecule has 2 atom stereocenters. The number of nitrogens with one attached hydrogen (secondary N) is 1. The van der Waals surface area contributed by atoms with Gasteiger partial charge in [0.15, 0.2) is 0 Å². The molecule has 1 aromatic carbocycles. The van der Waals surface area contributed by atoms with Crippen molar-refractivity contribution in [3.63, 3.8) is 0 Å². The monoisotopic (exact) mass is 296 g/mol. The minimum absolute atomic E-state index is 0.0970. The Morgan fingerprint density at radius 3 is 2.25 bits per heavy atom. The van der Waals surface area contributed by atoms with Gasteiger partial charge in [-0.15, -0.1) is 11.6 Å². The third-order valence-corrected chi connectivity index (χ3v) is 3.58. The fraction of sp³-hybridized carbons (Fsp3) is 0.467. The molecule has 0 heterocycles. The minimum Gasteiger partial charge on any atom is -0.343 e. The van der Waals surface area contributed by atoms with Gasteiger partial charge in [-0.1, -0.05) is 30.3 Å². The van der Waals surface area contributed by atoms with E-state index < -0.39 is 11.4 Å². The average Bonchev–Trinajstić information content (AvgIpc) is 2.48. The van der Waals surface area contributed by atoms with Crippen LogP contribution in [0.15, 0.2) is 30.3 Å². The van der Waals surface area contributed by atoms with Gasteiger partial charge in [0.1, 0.15) is 11.4 Å². The van der Waals surface area contributed by atoms with E-state index in [-0.39, 0.29) is 11.8 Å². The van der Waals surface area contributed by atoms with Crippen molar-refractivity contribution in [1.82, 2.24) is 10.2 Å². The van der Waals surface area contributed by atoms with Crippen molar-refractivity contribution in [3.8, 4) is 0 Å². The molecule has 4 nitrogen and oxygen atoms in total. The predicted molar refractivity (Wildman–Crippen MR) is 80.6 cm³/mol. The van der Waals surface area contributed by atoms with Crippen LogP contribution in [0.1, 0.15) is 31.7 Å². The molecule has 0 aliphatic rings. The van der Waals surface area contributed by atoms with E-state index in [1.165, 1.54) is 0 Å². The highest BCUT2D eigenvalue weighted by Gasteiger charge is 2.24. The standard InChI is InChI=1S/C15H21ClN2O2/c1-4-18(5-2)15(20)11(3)17-14(19)13(16)12-9-7-6-8-10-12/h6-11,13H,4-5H2,1-3H3,(H,17,19). The van der Waals surface area contributed by atoms with Crippen molar-refractivity contribution in [2.24, 2.45) is 0 Å². The molecule has 1 aromatic rings. The number of nitrogens with zero attached hydrogens (tertiary/aromatic N) is 1. The summed E-state index contributed by atoms with van der Waals surface area (Å²) in [7, 11) is 0. The number of amides is 2. The third kappa shape index (κ3) is 4.23. The second-order valence-electron chi connectivity index (χ2n) is 4.51. The largest absolute Gasteiger partial charge is 0.343 e. The van der Waals surface area contributed by atoms with Crippen molar-refractivity contribution in [2.75, 3.05) is 13.1 Å². The first kappa shape index (κ1) is 16.5. The van der Waals surface area contributed by atoms with Crippen LogP contribution in [-0.2, 0) is 9.59 Å². The van der Waals surface area contributed by atoms with E-state index in [2.05, 4.69) is 5.32 Å². The molecule has 0 aliphatic heterocycles. The summed E-state index contributed by atoms with van der Waals surface area (Å²) in [6, 6.07) is 8.50. The van der Waals surface area contributed by atoms with E-state index in [0.29, 0.717) is 18.7 Å². The number of carbonyl (C=O) groups is 2. The SMILES string of the molecule is CCN(CC)C(=O)C(C)NC(=O)C(Cl)c1ccccc1. The number of hydrogen-bond acceptors (Lipinski definition) is 2. The molecule has 1 rings (SSSR count). The van der Waals surface area contributed by atoms with Crippen molar-refractivity contribution in [3.05, 3.63) is 35.9 Å². The molecule has 0 saturated carbocycles. The van der Waals surface area contributed by atoms with Gasteiger partial charge in [-0.25, -0.2) is 0 Å². The Bertz CT molecular complexity index is 446. The van der Waals surface area contributed by atoms with Crippen LogP contribution >= 0.6 is 11.6 Å². The smallest absolute Gasteiger partial charge is 0.244 e. The van der Waals surface area contributed by atoms with Crippen LogP contribution in [0.2, 0.25) is 0 Å². The maximum absolute atomic E-state index is 12.1. The highest BCUT2D eigenvalue weighted by atomic mass is 35.5. The van der Waals surface area contributed by atoms with Crippen LogP contribution in [0.25, 0.3) is 0 Å². The van der Waals surface area contributed by atoms with Gasteiger partial charge >= 0.3 is 0 Å². The van der Waals surface area contributed by atoms with E-state index in [0.717, 1.165) is 0 Å². The number of halogens is 1. The van der Waals surface area contributed by atoms with Gasteiger partial charge in [0, 0.05) is 13.1 Å². The molecule has 0 fully saturated rings. The number of benzene rings is 1. The van der Waals surface area contributed by atoms with Crippen molar-refractivity contribution >= 4 is 23.4 Å². The average molecular weight is 297 g/mol. The minimum atomic E-state index is -0.789. The Kier molecular flexibility index (Phi) is 6.52. The molecule has 1 N–H and O–H groups in total. The lowest BCUT2D eigenvalue weighted by Gasteiger charge is -2.24. The second-order valence-corrected chi connectivity index (χ2v) is 4.95. The maximum Gasteiger partial charge on any atom is 0.244 e. The highest BCUT2D eigenvalue weighted by molar-refractivity contribution is 6.30. The first-order valence-corrected chi connectivity index (χ1v) is 7.23. The zero-order chi connectivity index (χ0) is 15.1. The Labute approximate surface area is 125 Å². The summed E-state index contributed by atoms with van der Waals surface area (Å²) in [5.74, 6) is -0.453. The third-order valence-electron chi connectivity index (χ3n) is 3.13. The molecule has 0 aliphatic carbocycles. The molecule has 0 radical (unpaired) electrons. The lowest BCUT2D eigenvalue weighted by Crippen LogP contribution is -2.47. The zero-order valence-electron chi connectivity index (χ0n) is 12.1. The molecule has 2 unspecified atom stereocenters. The van der Waals surface area contributed by atoms with Gasteiger partial charge in [-0.05, 0) is 26.3 Å². The van der Waals surface area contributed by atoms with E-state index in [1.54, 1.807) is 24.0 Å². The lowest BCUT2D eigenvalue weighted by atomic mass is 10.1. The summed E-state index contributed by atoms with van der Waals surface area (Å²) in [6.07, 6.45) is 0. The van der Waals surface area contributed by atoms with Crippen LogP contribution in [0, 0.1) is 0 Å². The topological polar surface area (TPSA) is 49.4 Å².